The average molecular weight is 382 g/mol. The lowest BCUT2D eigenvalue weighted by atomic mass is 10.3. The second-order valence-electron chi connectivity index (χ2n) is 5.41. The van der Waals surface area contributed by atoms with Gasteiger partial charge in [-0.3, -0.25) is 4.79 Å². The van der Waals surface area contributed by atoms with Crippen LogP contribution in [0.4, 0.5) is 11.5 Å². The molecular formula is C17H17Cl2N3O3. The minimum absolute atomic E-state index is 0.172. The summed E-state index contributed by atoms with van der Waals surface area (Å²) in [6.45, 7) is 2.92. The van der Waals surface area contributed by atoms with Crippen molar-refractivity contribution in [1.82, 2.24) is 4.98 Å². The molecule has 6 nitrogen and oxygen atoms in total. The molecule has 2 heterocycles. The number of carbonyl (C=O) groups is 1. The molecular weight excluding hydrogens is 365 g/mol. The molecule has 0 saturated carbocycles. The molecule has 1 aliphatic rings. The fraction of sp³-hybridized carbons (Fsp3) is 0.294. The van der Waals surface area contributed by atoms with Crippen molar-refractivity contribution >= 4 is 40.6 Å². The fourth-order valence-electron chi connectivity index (χ4n) is 2.38. The van der Waals surface area contributed by atoms with Gasteiger partial charge in [0, 0.05) is 18.1 Å². The van der Waals surface area contributed by atoms with Crippen molar-refractivity contribution < 1.29 is 14.3 Å². The van der Waals surface area contributed by atoms with Crippen LogP contribution in [-0.2, 0) is 9.53 Å². The Bertz CT molecular complexity index is 734. The van der Waals surface area contributed by atoms with Crippen LogP contribution in [-0.4, -0.2) is 43.8 Å². The predicted molar refractivity (Wildman–Crippen MR) is 97.9 cm³/mol. The number of aromatic nitrogens is 1. The van der Waals surface area contributed by atoms with E-state index in [9.17, 15) is 4.79 Å². The molecule has 3 rings (SSSR count). The number of benzene rings is 1. The Labute approximate surface area is 155 Å². The highest BCUT2D eigenvalue weighted by Crippen LogP contribution is 2.27. The molecule has 25 heavy (non-hydrogen) atoms. The summed E-state index contributed by atoms with van der Waals surface area (Å²) in [5.41, 5.74) is 1.01. The zero-order valence-corrected chi connectivity index (χ0v) is 14.9. The fourth-order valence-corrected chi connectivity index (χ4v) is 2.85. The second-order valence-corrected chi connectivity index (χ2v) is 6.26. The van der Waals surface area contributed by atoms with Gasteiger partial charge in [0.1, 0.15) is 11.6 Å². The Morgan fingerprint density at radius 2 is 2.04 bits per heavy atom. The molecule has 1 aromatic heterocycles. The van der Waals surface area contributed by atoms with Gasteiger partial charge in [-0.1, -0.05) is 23.2 Å². The first-order valence-corrected chi connectivity index (χ1v) is 8.54. The standard InChI is InChI=1S/C17H17Cl2N3O3/c18-12-1-3-15(14(19)9-12)25-11-17(23)21-16-4-2-13(10-20-16)22-5-7-24-8-6-22/h1-4,9-10H,5-8,11H2,(H,20,21,23). The summed E-state index contributed by atoms with van der Waals surface area (Å²) < 4.78 is 10.7. The van der Waals surface area contributed by atoms with Crippen molar-refractivity contribution in [3.8, 4) is 5.75 Å². The van der Waals surface area contributed by atoms with Crippen molar-refractivity contribution in [3.05, 3.63) is 46.6 Å². The number of rotatable bonds is 5. The number of hydrogen-bond donors (Lipinski definition) is 1. The minimum atomic E-state index is -0.322. The van der Waals surface area contributed by atoms with E-state index >= 15 is 0 Å². The van der Waals surface area contributed by atoms with Gasteiger partial charge in [0.05, 0.1) is 30.1 Å². The quantitative estimate of drug-likeness (QED) is 0.860. The van der Waals surface area contributed by atoms with Gasteiger partial charge in [-0.15, -0.1) is 0 Å². The minimum Gasteiger partial charge on any atom is -0.482 e. The summed E-state index contributed by atoms with van der Waals surface area (Å²) >= 11 is 11.8. The normalized spacial score (nSPS) is 14.2. The van der Waals surface area contributed by atoms with Crippen molar-refractivity contribution in [2.24, 2.45) is 0 Å². The van der Waals surface area contributed by atoms with E-state index in [1.807, 2.05) is 6.07 Å². The molecule has 1 aromatic carbocycles. The maximum absolute atomic E-state index is 12.0. The summed E-state index contributed by atoms with van der Waals surface area (Å²) in [7, 11) is 0. The Kier molecular flexibility index (Phi) is 5.96. The molecule has 0 radical (unpaired) electrons. The maximum Gasteiger partial charge on any atom is 0.263 e. The highest BCUT2D eigenvalue weighted by atomic mass is 35.5. The molecule has 0 spiro atoms. The Morgan fingerprint density at radius 3 is 2.72 bits per heavy atom. The molecule has 8 heteroatoms. The third-order valence-corrected chi connectivity index (χ3v) is 4.17. The number of nitrogens with one attached hydrogen (secondary N) is 1. The zero-order valence-electron chi connectivity index (χ0n) is 13.4. The van der Waals surface area contributed by atoms with Crippen LogP contribution in [0, 0.1) is 0 Å². The van der Waals surface area contributed by atoms with Gasteiger partial charge in [0.2, 0.25) is 0 Å². The number of carbonyl (C=O) groups excluding carboxylic acids is 1. The van der Waals surface area contributed by atoms with E-state index in [1.54, 1.807) is 30.5 Å². The van der Waals surface area contributed by atoms with Crippen molar-refractivity contribution in [3.63, 3.8) is 0 Å². The topological polar surface area (TPSA) is 63.7 Å². The van der Waals surface area contributed by atoms with Gasteiger partial charge < -0.3 is 19.7 Å². The molecule has 0 atom stereocenters. The molecule has 0 aliphatic carbocycles. The molecule has 0 unspecified atom stereocenters. The molecule has 2 aromatic rings. The lowest BCUT2D eigenvalue weighted by Gasteiger charge is -2.28. The summed E-state index contributed by atoms with van der Waals surface area (Å²) in [6, 6.07) is 8.50. The van der Waals surface area contributed by atoms with Crippen LogP contribution in [0.25, 0.3) is 0 Å². The van der Waals surface area contributed by atoms with E-state index in [4.69, 9.17) is 32.7 Å². The molecule has 1 aliphatic heterocycles. The molecule has 0 bridgehead atoms. The van der Waals surface area contributed by atoms with Crippen LogP contribution in [0.2, 0.25) is 10.0 Å². The third kappa shape index (κ3) is 4.98. The number of amides is 1. The second kappa shape index (κ2) is 8.38. The van der Waals surface area contributed by atoms with Gasteiger partial charge in [-0.25, -0.2) is 4.98 Å². The van der Waals surface area contributed by atoms with Crippen molar-refractivity contribution in [1.29, 1.82) is 0 Å². The summed E-state index contributed by atoms with van der Waals surface area (Å²) in [4.78, 5) is 18.4. The van der Waals surface area contributed by atoms with Gasteiger partial charge >= 0.3 is 0 Å². The van der Waals surface area contributed by atoms with Crippen LogP contribution in [0.3, 0.4) is 0 Å². The maximum atomic E-state index is 12.0. The van der Waals surface area contributed by atoms with Crippen LogP contribution in [0.15, 0.2) is 36.5 Å². The number of nitrogens with zero attached hydrogens (tertiary/aromatic N) is 2. The number of anilines is 2. The van der Waals surface area contributed by atoms with Gasteiger partial charge in [0.15, 0.2) is 6.61 Å². The molecule has 1 saturated heterocycles. The summed E-state index contributed by atoms with van der Waals surface area (Å²) in [6.07, 6.45) is 1.73. The van der Waals surface area contributed by atoms with Crippen molar-refractivity contribution in [2.45, 2.75) is 0 Å². The molecule has 1 N–H and O–H groups in total. The molecule has 1 amide bonds. The lowest BCUT2D eigenvalue weighted by Crippen LogP contribution is -2.36. The number of hydrogen-bond acceptors (Lipinski definition) is 5. The SMILES string of the molecule is O=C(COc1ccc(Cl)cc1Cl)Nc1ccc(N2CCOCC2)cn1. The average Bonchev–Trinajstić information content (AvgIpc) is 2.62. The van der Waals surface area contributed by atoms with E-state index in [-0.39, 0.29) is 12.5 Å². The van der Waals surface area contributed by atoms with Crippen LogP contribution in [0.1, 0.15) is 0 Å². The van der Waals surface area contributed by atoms with E-state index in [0.717, 1.165) is 18.8 Å². The third-order valence-electron chi connectivity index (χ3n) is 3.64. The highest BCUT2D eigenvalue weighted by Gasteiger charge is 2.12. The number of pyridine rings is 1. The van der Waals surface area contributed by atoms with Gasteiger partial charge in [-0.2, -0.15) is 0 Å². The zero-order chi connectivity index (χ0) is 17.6. The number of halogens is 2. The van der Waals surface area contributed by atoms with Crippen molar-refractivity contribution in [2.75, 3.05) is 43.1 Å². The Balaban J connectivity index is 1.52. The lowest BCUT2D eigenvalue weighted by molar-refractivity contribution is -0.118. The first-order valence-electron chi connectivity index (χ1n) is 7.78. The van der Waals surface area contributed by atoms with E-state index in [2.05, 4.69) is 15.2 Å². The molecule has 132 valence electrons. The summed E-state index contributed by atoms with van der Waals surface area (Å²) in [5.74, 6) is 0.544. The highest BCUT2D eigenvalue weighted by molar-refractivity contribution is 6.35. The van der Waals surface area contributed by atoms with Crippen LogP contribution >= 0.6 is 23.2 Å². The Morgan fingerprint density at radius 1 is 1.24 bits per heavy atom. The summed E-state index contributed by atoms with van der Waals surface area (Å²) in [5, 5.41) is 3.55. The number of ether oxygens (including phenoxy) is 2. The van der Waals surface area contributed by atoms with Gasteiger partial charge in [0.25, 0.3) is 5.91 Å². The first kappa shape index (κ1) is 17.8. The first-order chi connectivity index (χ1) is 12.1. The smallest absolute Gasteiger partial charge is 0.263 e. The largest absolute Gasteiger partial charge is 0.482 e. The van der Waals surface area contributed by atoms with Crippen LogP contribution in [0.5, 0.6) is 5.75 Å². The van der Waals surface area contributed by atoms with E-state index in [1.165, 1.54) is 0 Å². The number of morpholine rings is 1. The van der Waals surface area contributed by atoms with Crippen LogP contribution < -0.4 is 15.0 Å². The monoisotopic (exact) mass is 381 g/mol. The van der Waals surface area contributed by atoms with E-state index < -0.39 is 0 Å². The predicted octanol–water partition coefficient (Wildman–Crippen LogP) is 3.24. The van der Waals surface area contributed by atoms with Gasteiger partial charge in [-0.05, 0) is 30.3 Å². The molecule has 1 fully saturated rings. The van der Waals surface area contributed by atoms with E-state index in [0.29, 0.717) is 34.8 Å². The Hall–Kier alpha value is -2.02.